The van der Waals surface area contributed by atoms with Crippen molar-refractivity contribution < 1.29 is 9.53 Å². The Bertz CT molecular complexity index is 555. The fourth-order valence-corrected chi connectivity index (χ4v) is 2.72. The molecular weight excluding hydrogens is 340 g/mol. The zero-order chi connectivity index (χ0) is 15.2. The second-order valence-electron chi connectivity index (χ2n) is 4.92. The zero-order valence-corrected chi connectivity index (χ0v) is 13.5. The van der Waals surface area contributed by atoms with Crippen LogP contribution in [0.1, 0.15) is 19.3 Å². The molecule has 1 aliphatic rings. The summed E-state index contributed by atoms with van der Waals surface area (Å²) < 4.78 is 5.97. The lowest BCUT2D eigenvalue weighted by Crippen LogP contribution is -2.29. The van der Waals surface area contributed by atoms with Crippen molar-refractivity contribution in [2.75, 3.05) is 25.5 Å². The summed E-state index contributed by atoms with van der Waals surface area (Å²) in [5.74, 6) is -0.510. The SMILES string of the molecule is COC(=O)Cn1ncc(NCC[C@@H]2CCCN2)c(Br)c1=O. The van der Waals surface area contributed by atoms with Crippen molar-refractivity contribution in [3.63, 3.8) is 0 Å². The molecule has 0 aromatic carbocycles. The molecular formula is C13H19BrN4O3. The number of carbonyl (C=O) groups excluding carboxylic acids is 1. The van der Waals surface area contributed by atoms with Gasteiger partial charge < -0.3 is 15.4 Å². The van der Waals surface area contributed by atoms with Crippen LogP contribution in [0.25, 0.3) is 0 Å². The van der Waals surface area contributed by atoms with Gasteiger partial charge in [0, 0.05) is 12.6 Å². The molecule has 1 atom stereocenters. The fraction of sp³-hybridized carbons (Fsp3) is 0.615. The minimum Gasteiger partial charge on any atom is -0.468 e. The average Bonchev–Trinajstić information content (AvgIpc) is 2.99. The highest BCUT2D eigenvalue weighted by molar-refractivity contribution is 9.10. The van der Waals surface area contributed by atoms with Gasteiger partial charge in [-0.2, -0.15) is 5.10 Å². The van der Waals surface area contributed by atoms with Gasteiger partial charge in [0.15, 0.2) is 0 Å². The molecule has 0 aliphatic carbocycles. The monoisotopic (exact) mass is 358 g/mol. The highest BCUT2D eigenvalue weighted by Gasteiger charge is 2.14. The highest BCUT2D eigenvalue weighted by Crippen LogP contribution is 2.17. The van der Waals surface area contributed by atoms with E-state index < -0.39 is 5.97 Å². The van der Waals surface area contributed by atoms with Gasteiger partial charge in [-0.25, -0.2) is 4.68 Å². The Morgan fingerprint density at radius 3 is 3.14 bits per heavy atom. The molecule has 116 valence electrons. The van der Waals surface area contributed by atoms with E-state index in [0.29, 0.717) is 16.2 Å². The van der Waals surface area contributed by atoms with Crippen LogP contribution in [0.15, 0.2) is 15.5 Å². The Kier molecular flexibility index (Phi) is 5.75. The lowest BCUT2D eigenvalue weighted by atomic mass is 10.1. The number of rotatable bonds is 6. The number of aromatic nitrogens is 2. The summed E-state index contributed by atoms with van der Waals surface area (Å²) in [6, 6.07) is 0.545. The molecule has 2 rings (SSSR count). The lowest BCUT2D eigenvalue weighted by molar-refractivity contribution is -0.141. The van der Waals surface area contributed by atoms with Crippen molar-refractivity contribution in [3.8, 4) is 0 Å². The standard InChI is InChI=1S/C13H19BrN4O3/c1-21-11(19)8-18-13(20)12(14)10(7-17-18)16-6-4-9-3-2-5-15-9/h7,9,15-16H,2-6,8H2,1H3/t9-/m0/s1. The second-order valence-corrected chi connectivity index (χ2v) is 5.71. The molecule has 2 heterocycles. The average molecular weight is 359 g/mol. The predicted octanol–water partition coefficient (Wildman–Crippen LogP) is 0.733. The van der Waals surface area contributed by atoms with Crippen molar-refractivity contribution >= 4 is 27.6 Å². The maximum atomic E-state index is 12.1. The normalized spacial score (nSPS) is 17.7. The Labute approximate surface area is 131 Å². The third kappa shape index (κ3) is 4.28. The van der Waals surface area contributed by atoms with Gasteiger partial charge in [0.05, 0.1) is 19.0 Å². The maximum Gasteiger partial charge on any atom is 0.327 e. The van der Waals surface area contributed by atoms with Crippen molar-refractivity contribution in [2.24, 2.45) is 0 Å². The van der Waals surface area contributed by atoms with Gasteiger partial charge >= 0.3 is 5.97 Å². The van der Waals surface area contributed by atoms with E-state index in [2.05, 4.69) is 36.4 Å². The molecule has 1 saturated heterocycles. The summed E-state index contributed by atoms with van der Waals surface area (Å²) >= 11 is 3.25. The molecule has 7 nitrogen and oxygen atoms in total. The number of anilines is 1. The number of carbonyl (C=O) groups is 1. The highest BCUT2D eigenvalue weighted by atomic mass is 79.9. The maximum absolute atomic E-state index is 12.1. The summed E-state index contributed by atoms with van der Waals surface area (Å²) in [5, 5.41) is 10.6. The van der Waals surface area contributed by atoms with Crippen LogP contribution in [0.3, 0.4) is 0 Å². The topological polar surface area (TPSA) is 85.2 Å². The summed E-state index contributed by atoms with van der Waals surface area (Å²) in [5.41, 5.74) is 0.281. The van der Waals surface area contributed by atoms with E-state index in [4.69, 9.17) is 0 Å². The van der Waals surface area contributed by atoms with Crippen LogP contribution in [-0.4, -0.2) is 42.0 Å². The summed E-state index contributed by atoms with van der Waals surface area (Å²) in [4.78, 5) is 23.2. The van der Waals surface area contributed by atoms with Gasteiger partial charge in [-0.3, -0.25) is 9.59 Å². The largest absolute Gasteiger partial charge is 0.468 e. The molecule has 8 heteroatoms. The molecule has 0 spiro atoms. The summed E-state index contributed by atoms with van der Waals surface area (Å²) in [7, 11) is 1.27. The van der Waals surface area contributed by atoms with Crippen LogP contribution in [0.4, 0.5) is 5.69 Å². The van der Waals surface area contributed by atoms with E-state index >= 15 is 0 Å². The summed E-state index contributed by atoms with van der Waals surface area (Å²) in [6.45, 7) is 1.65. The van der Waals surface area contributed by atoms with Crippen molar-refractivity contribution in [2.45, 2.75) is 31.8 Å². The molecule has 2 N–H and O–H groups in total. The summed E-state index contributed by atoms with van der Waals surface area (Å²) in [6.07, 6.45) is 4.95. The number of halogens is 1. The van der Waals surface area contributed by atoms with Crippen molar-refractivity contribution in [1.29, 1.82) is 0 Å². The molecule has 0 bridgehead atoms. The third-order valence-electron chi connectivity index (χ3n) is 3.46. The molecule has 21 heavy (non-hydrogen) atoms. The quantitative estimate of drug-likeness (QED) is 0.729. The minimum absolute atomic E-state index is 0.194. The van der Waals surface area contributed by atoms with E-state index in [0.717, 1.165) is 24.2 Å². The Morgan fingerprint density at radius 2 is 2.48 bits per heavy atom. The Hall–Kier alpha value is -1.41. The van der Waals surface area contributed by atoms with E-state index in [1.807, 2.05) is 0 Å². The van der Waals surface area contributed by atoms with E-state index in [9.17, 15) is 9.59 Å². The Balaban J connectivity index is 1.95. The van der Waals surface area contributed by atoms with Gasteiger partial charge in [-0.05, 0) is 41.7 Å². The smallest absolute Gasteiger partial charge is 0.327 e. The van der Waals surface area contributed by atoms with Crippen LogP contribution in [0.5, 0.6) is 0 Å². The number of esters is 1. The minimum atomic E-state index is -0.510. The molecule has 0 unspecified atom stereocenters. The first-order valence-electron chi connectivity index (χ1n) is 6.91. The van der Waals surface area contributed by atoms with Gasteiger partial charge in [0.2, 0.25) is 0 Å². The van der Waals surface area contributed by atoms with Crippen LogP contribution in [0.2, 0.25) is 0 Å². The Morgan fingerprint density at radius 1 is 1.67 bits per heavy atom. The number of hydrogen-bond donors (Lipinski definition) is 2. The number of nitrogens with zero attached hydrogens (tertiary/aromatic N) is 2. The van der Waals surface area contributed by atoms with Gasteiger partial charge in [0.25, 0.3) is 5.56 Å². The fourth-order valence-electron chi connectivity index (χ4n) is 2.27. The van der Waals surface area contributed by atoms with Crippen molar-refractivity contribution in [3.05, 3.63) is 21.0 Å². The molecule has 1 aliphatic heterocycles. The first kappa shape index (κ1) is 16.0. The van der Waals surface area contributed by atoms with Gasteiger partial charge in [0.1, 0.15) is 11.0 Å². The van der Waals surface area contributed by atoms with Crippen LogP contribution < -0.4 is 16.2 Å². The lowest BCUT2D eigenvalue weighted by Gasteiger charge is -2.13. The predicted molar refractivity (Wildman–Crippen MR) is 82.3 cm³/mol. The number of nitrogens with one attached hydrogen (secondary N) is 2. The van der Waals surface area contributed by atoms with Crippen LogP contribution in [-0.2, 0) is 16.1 Å². The molecule has 0 amide bonds. The molecule has 1 aromatic heterocycles. The first-order valence-corrected chi connectivity index (χ1v) is 7.71. The zero-order valence-electron chi connectivity index (χ0n) is 11.9. The van der Waals surface area contributed by atoms with Gasteiger partial charge in [-0.15, -0.1) is 0 Å². The van der Waals surface area contributed by atoms with Crippen LogP contribution >= 0.6 is 15.9 Å². The van der Waals surface area contributed by atoms with Crippen LogP contribution in [0, 0.1) is 0 Å². The van der Waals surface area contributed by atoms with E-state index in [1.165, 1.54) is 26.1 Å². The number of hydrogen-bond acceptors (Lipinski definition) is 6. The number of ether oxygens (including phenoxy) is 1. The van der Waals surface area contributed by atoms with Crippen molar-refractivity contribution in [1.82, 2.24) is 15.1 Å². The van der Waals surface area contributed by atoms with Gasteiger partial charge in [-0.1, -0.05) is 0 Å². The molecule has 0 radical (unpaired) electrons. The molecule has 1 aromatic rings. The van der Waals surface area contributed by atoms with E-state index in [-0.39, 0.29) is 12.1 Å². The second kappa shape index (κ2) is 7.56. The van der Waals surface area contributed by atoms with E-state index in [1.54, 1.807) is 0 Å². The molecule has 1 fully saturated rings. The number of methoxy groups -OCH3 is 1. The third-order valence-corrected chi connectivity index (χ3v) is 4.23. The molecule has 0 saturated carbocycles. The first-order chi connectivity index (χ1) is 10.1.